The quantitative estimate of drug-likeness (QED) is 0.651. The first-order valence-corrected chi connectivity index (χ1v) is 8.92. The first kappa shape index (κ1) is 18.7. The Kier molecular flexibility index (Phi) is 6.19. The van der Waals surface area contributed by atoms with Crippen molar-refractivity contribution < 1.29 is 4.79 Å². The Hall–Kier alpha value is -1.65. The van der Waals surface area contributed by atoms with E-state index in [4.69, 9.17) is 5.73 Å². The van der Waals surface area contributed by atoms with Crippen molar-refractivity contribution in [1.29, 1.82) is 0 Å². The summed E-state index contributed by atoms with van der Waals surface area (Å²) in [6.07, 6.45) is 1.93. The molecule has 2 N–H and O–H groups in total. The van der Waals surface area contributed by atoms with Gasteiger partial charge >= 0.3 is 0 Å². The van der Waals surface area contributed by atoms with Crippen LogP contribution in [-0.4, -0.2) is 18.2 Å². The standard InChI is InChI=1S/C19H22N2OS.ClH/c1-13-8-9-14(2)18(11-13)23-12-19(22)21-10-4-5-15-16(20)6-3-7-17(15)21;/h3,6-9,11H,4-5,10,12,20H2,1-2H3;1H. The molecular weight excluding hydrogens is 340 g/mol. The molecule has 3 nitrogen and oxygen atoms in total. The van der Waals surface area contributed by atoms with Gasteiger partial charge in [0.25, 0.3) is 0 Å². The lowest BCUT2D eigenvalue weighted by atomic mass is 10.00. The van der Waals surface area contributed by atoms with Gasteiger partial charge in [-0.2, -0.15) is 0 Å². The maximum atomic E-state index is 12.7. The van der Waals surface area contributed by atoms with E-state index in [1.165, 1.54) is 16.0 Å². The predicted octanol–water partition coefficient (Wildman–Crippen LogP) is 4.38. The highest BCUT2D eigenvalue weighted by Crippen LogP contribution is 2.32. The molecule has 1 aliphatic heterocycles. The van der Waals surface area contributed by atoms with Gasteiger partial charge in [0.2, 0.25) is 5.91 Å². The maximum Gasteiger partial charge on any atom is 0.237 e. The highest BCUT2D eigenvalue weighted by Gasteiger charge is 2.23. The Morgan fingerprint density at radius 2 is 2.04 bits per heavy atom. The average Bonchev–Trinajstić information content (AvgIpc) is 2.55. The SMILES string of the molecule is Cc1ccc(C)c(SCC(=O)N2CCCc3c(N)cccc32)c1.Cl. The maximum absolute atomic E-state index is 12.7. The fourth-order valence-electron chi connectivity index (χ4n) is 2.99. The number of carbonyl (C=O) groups excluding carboxylic acids is 1. The molecule has 1 aliphatic rings. The molecule has 2 aromatic carbocycles. The van der Waals surface area contributed by atoms with Gasteiger partial charge in [0.1, 0.15) is 0 Å². The van der Waals surface area contributed by atoms with E-state index in [0.717, 1.165) is 36.3 Å². The summed E-state index contributed by atoms with van der Waals surface area (Å²) in [6.45, 7) is 4.95. The summed E-state index contributed by atoms with van der Waals surface area (Å²) in [5, 5.41) is 0. The van der Waals surface area contributed by atoms with Crippen LogP contribution in [0.4, 0.5) is 11.4 Å². The number of thioether (sulfide) groups is 1. The molecule has 128 valence electrons. The van der Waals surface area contributed by atoms with E-state index in [0.29, 0.717) is 5.75 Å². The zero-order chi connectivity index (χ0) is 16.4. The molecule has 0 saturated heterocycles. The van der Waals surface area contributed by atoms with Crippen molar-refractivity contribution in [3.05, 3.63) is 53.1 Å². The molecule has 0 fully saturated rings. The summed E-state index contributed by atoms with van der Waals surface area (Å²) in [6, 6.07) is 12.2. The largest absolute Gasteiger partial charge is 0.398 e. The highest BCUT2D eigenvalue weighted by atomic mass is 35.5. The summed E-state index contributed by atoms with van der Waals surface area (Å²) in [5.41, 5.74) is 11.4. The smallest absolute Gasteiger partial charge is 0.237 e. The number of hydrogen-bond donors (Lipinski definition) is 1. The van der Waals surface area contributed by atoms with E-state index in [1.807, 2.05) is 23.1 Å². The molecular formula is C19H23ClN2OS. The second kappa shape index (κ2) is 7.95. The Morgan fingerprint density at radius 3 is 2.83 bits per heavy atom. The van der Waals surface area contributed by atoms with Crippen LogP contribution in [-0.2, 0) is 11.2 Å². The number of carbonyl (C=O) groups is 1. The molecule has 3 rings (SSSR count). The van der Waals surface area contributed by atoms with Gasteiger partial charge in [0.05, 0.1) is 5.75 Å². The fraction of sp³-hybridized carbons (Fsp3) is 0.316. The van der Waals surface area contributed by atoms with E-state index in [9.17, 15) is 4.79 Å². The number of halogens is 1. The molecule has 2 aromatic rings. The van der Waals surface area contributed by atoms with Gasteiger partial charge in [-0.05, 0) is 56.0 Å². The number of amides is 1. The van der Waals surface area contributed by atoms with Crippen LogP contribution in [0.3, 0.4) is 0 Å². The van der Waals surface area contributed by atoms with Crippen molar-refractivity contribution in [3.8, 4) is 0 Å². The fourth-order valence-corrected chi connectivity index (χ4v) is 3.99. The Bertz CT molecular complexity index is 748. The van der Waals surface area contributed by atoms with Crippen LogP contribution < -0.4 is 10.6 Å². The second-order valence-corrected chi connectivity index (χ2v) is 7.07. The molecule has 0 saturated carbocycles. The number of nitrogen functional groups attached to an aromatic ring is 1. The first-order valence-electron chi connectivity index (χ1n) is 7.94. The topological polar surface area (TPSA) is 46.3 Å². The molecule has 5 heteroatoms. The minimum Gasteiger partial charge on any atom is -0.398 e. The molecule has 0 atom stereocenters. The van der Waals surface area contributed by atoms with Gasteiger partial charge in [-0.25, -0.2) is 0 Å². The van der Waals surface area contributed by atoms with Crippen molar-refractivity contribution >= 4 is 41.5 Å². The first-order chi connectivity index (χ1) is 11.1. The van der Waals surface area contributed by atoms with Crippen molar-refractivity contribution in [1.82, 2.24) is 0 Å². The normalized spacial score (nSPS) is 13.2. The lowest BCUT2D eigenvalue weighted by molar-refractivity contribution is -0.116. The molecule has 0 spiro atoms. The zero-order valence-corrected chi connectivity index (χ0v) is 15.7. The van der Waals surface area contributed by atoms with Crippen LogP contribution in [0, 0.1) is 13.8 Å². The molecule has 0 aromatic heterocycles. The van der Waals surface area contributed by atoms with Crippen molar-refractivity contribution in [3.63, 3.8) is 0 Å². The summed E-state index contributed by atoms with van der Waals surface area (Å²) in [7, 11) is 0. The van der Waals surface area contributed by atoms with Gasteiger partial charge in [0, 0.05) is 22.8 Å². The monoisotopic (exact) mass is 362 g/mol. The summed E-state index contributed by atoms with van der Waals surface area (Å²) < 4.78 is 0. The van der Waals surface area contributed by atoms with Gasteiger partial charge in [-0.1, -0.05) is 23.8 Å². The molecule has 0 unspecified atom stereocenters. The number of aryl methyl sites for hydroxylation is 2. The van der Waals surface area contributed by atoms with Crippen LogP contribution in [0.2, 0.25) is 0 Å². The lowest BCUT2D eigenvalue weighted by Gasteiger charge is -2.30. The average molecular weight is 363 g/mol. The number of benzene rings is 2. The minimum atomic E-state index is 0. The summed E-state index contributed by atoms with van der Waals surface area (Å²) >= 11 is 1.62. The van der Waals surface area contributed by atoms with Crippen molar-refractivity contribution in [2.45, 2.75) is 31.6 Å². The van der Waals surface area contributed by atoms with E-state index >= 15 is 0 Å². The van der Waals surface area contributed by atoms with Crippen LogP contribution in [0.15, 0.2) is 41.3 Å². The second-order valence-electron chi connectivity index (χ2n) is 6.05. The van der Waals surface area contributed by atoms with E-state index < -0.39 is 0 Å². The molecule has 24 heavy (non-hydrogen) atoms. The zero-order valence-electron chi connectivity index (χ0n) is 14.0. The number of rotatable bonds is 3. The Balaban J connectivity index is 0.00000208. The van der Waals surface area contributed by atoms with Crippen molar-refractivity contribution in [2.24, 2.45) is 0 Å². The Labute approximate surface area is 154 Å². The van der Waals surface area contributed by atoms with Crippen LogP contribution >= 0.6 is 24.2 Å². The van der Waals surface area contributed by atoms with Gasteiger partial charge < -0.3 is 10.6 Å². The van der Waals surface area contributed by atoms with Crippen LogP contribution in [0.1, 0.15) is 23.1 Å². The number of nitrogens with zero attached hydrogens (tertiary/aromatic N) is 1. The van der Waals surface area contributed by atoms with Gasteiger partial charge in [-0.15, -0.1) is 24.2 Å². The molecule has 0 aliphatic carbocycles. The molecule has 0 bridgehead atoms. The van der Waals surface area contributed by atoms with Crippen molar-refractivity contribution in [2.75, 3.05) is 22.9 Å². The number of fused-ring (bicyclic) bond motifs is 1. The van der Waals surface area contributed by atoms with Gasteiger partial charge in [-0.3, -0.25) is 4.79 Å². The van der Waals surface area contributed by atoms with Crippen LogP contribution in [0.25, 0.3) is 0 Å². The number of nitrogens with two attached hydrogens (primary N) is 1. The highest BCUT2D eigenvalue weighted by molar-refractivity contribution is 8.00. The van der Waals surface area contributed by atoms with E-state index in [1.54, 1.807) is 11.8 Å². The Morgan fingerprint density at radius 1 is 1.25 bits per heavy atom. The minimum absolute atomic E-state index is 0. The van der Waals surface area contributed by atoms with Gasteiger partial charge in [0.15, 0.2) is 0 Å². The van der Waals surface area contributed by atoms with E-state index in [-0.39, 0.29) is 18.3 Å². The third-order valence-electron chi connectivity index (χ3n) is 4.28. The number of hydrogen-bond acceptors (Lipinski definition) is 3. The van der Waals surface area contributed by atoms with E-state index in [2.05, 4.69) is 32.0 Å². The molecule has 1 amide bonds. The summed E-state index contributed by atoms with van der Waals surface area (Å²) in [4.78, 5) is 15.8. The van der Waals surface area contributed by atoms with Crippen LogP contribution in [0.5, 0.6) is 0 Å². The lowest BCUT2D eigenvalue weighted by Crippen LogP contribution is -2.36. The predicted molar refractivity (Wildman–Crippen MR) is 105 cm³/mol. The number of anilines is 2. The molecule has 1 heterocycles. The summed E-state index contributed by atoms with van der Waals surface area (Å²) in [5.74, 6) is 0.612. The molecule has 0 radical (unpaired) electrons. The third-order valence-corrected chi connectivity index (χ3v) is 5.42. The third kappa shape index (κ3) is 3.87.